The maximum absolute atomic E-state index is 6.21. The highest BCUT2D eigenvalue weighted by molar-refractivity contribution is 6.63. The van der Waals surface area contributed by atoms with Crippen molar-refractivity contribution in [1.82, 2.24) is 0 Å². The Balaban J connectivity index is 1.98. The van der Waals surface area contributed by atoms with Crippen LogP contribution in [-0.2, 0) is 15.7 Å². The lowest BCUT2D eigenvalue weighted by Gasteiger charge is -2.32. The van der Waals surface area contributed by atoms with Crippen LogP contribution >= 0.6 is 0 Å². The number of hydrogen-bond acceptors (Lipinski definition) is 3. The summed E-state index contributed by atoms with van der Waals surface area (Å²) < 4.78 is 12.2. The molecule has 0 aromatic heterocycles. The summed E-state index contributed by atoms with van der Waals surface area (Å²) in [4.78, 5) is 0. The van der Waals surface area contributed by atoms with Gasteiger partial charge in [-0.15, -0.1) is 0 Å². The maximum atomic E-state index is 6.21. The quantitative estimate of drug-likeness (QED) is 0.630. The molecule has 1 aromatic rings. The lowest BCUT2D eigenvalue weighted by molar-refractivity contribution is 0.00578. The van der Waals surface area contributed by atoms with Crippen LogP contribution < -0.4 is 11.2 Å². The molecule has 1 aliphatic carbocycles. The highest BCUT2D eigenvalue weighted by Gasteiger charge is 2.52. The third-order valence-corrected chi connectivity index (χ3v) is 4.73. The number of nitrogens with two attached hydrogens (primary N) is 1. The van der Waals surface area contributed by atoms with E-state index >= 15 is 0 Å². The van der Waals surface area contributed by atoms with Gasteiger partial charge in [-0.3, -0.25) is 0 Å². The summed E-state index contributed by atoms with van der Waals surface area (Å²) in [5, 5.41) is 0. The normalized spacial score (nSPS) is 22.9. The number of allylic oxidation sites excluding steroid dienone is 1. The Bertz CT molecular complexity index is 562. The van der Waals surface area contributed by atoms with Crippen molar-refractivity contribution in [2.75, 3.05) is 5.73 Å². The van der Waals surface area contributed by atoms with E-state index in [0.29, 0.717) is 0 Å². The van der Waals surface area contributed by atoms with Gasteiger partial charge >= 0.3 is 7.12 Å². The summed E-state index contributed by atoms with van der Waals surface area (Å²) in [6, 6.07) is 4.18. The van der Waals surface area contributed by atoms with Crippen LogP contribution in [0.4, 0.5) is 5.69 Å². The summed E-state index contributed by atoms with van der Waals surface area (Å²) >= 11 is 0. The summed E-state index contributed by atoms with van der Waals surface area (Å²) in [7, 11) is -0.379. The van der Waals surface area contributed by atoms with Gasteiger partial charge in [0.2, 0.25) is 0 Å². The molecule has 3 nitrogen and oxygen atoms in total. The molecular weight excluding hydrogens is 249 g/mol. The van der Waals surface area contributed by atoms with E-state index < -0.39 is 0 Å². The number of anilines is 1. The van der Waals surface area contributed by atoms with Crippen LogP contribution in [-0.4, -0.2) is 18.3 Å². The SMILES string of the molecule is CC1(C)OB(c2cc3c(cc2N)C=CCC3)OC1(C)C. The molecule has 1 aliphatic heterocycles. The lowest BCUT2D eigenvalue weighted by Crippen LogP contribution is -2.41. The molecule has 1 saturated heterocycles. The van der Waals surface area contributed by atoms with Crippen LogP contribution in [0, 0.1) is 0 Å². The van der Waals surface area contributed by atoms with Crippen LogP contribution in [0.15, 0.2) is 18.2 Å². The largest absolute Gasteiger partial charge is 0.496 e. The minimum Gasteiger partial charge on any atom is -0.399 e. The molecule has 1 heterocycles. The maximum Gasteiger partial charge on any atom is 0.496 e. The van der Waals surface area contributed by atoms with Gasteiger partial charge in [0.05, 0.1) is 11.2 Å². The van der Waals surface area contributed by atoms with Crippen molar-refractivity contribution < 1.29 is 9.31 Å². The van der Waals surface area contributed by atoms with Crippen molar-refractivity contribution in [1.29, 1.82) is 0 Å². The zero-order valence-corrected chi connectivity index (χ0v) is 12.7. The number of fused-ring (bicyclic) bond motifs is 1. The van der Waals surface area contributed by atoms with Gasteiger partial charge in [-0.25, -0.2) is 0 Å². The van der Waals surface area contributed by atoms with E-state index in [1.807, 2.05) is 6.07 Å². The fourth-order valence-electron chi connectivity index (χ4n) is 2.69. The molecule has 2 aliphatic rings. The zero-order chi connectivity index (χ0) is 14.5. The van der Waals surface area contributed by atoms with Crippen molar-refractivity contribution in [2.45, 2.75) is 51.7 Å². The molecule has 2 N–H and O–H groups in total. The molecule has 106 valence electrons. The average molecular weight is 271 g/mol. The fourth-order valence-corrected chi connectivity index (χ4v) is 2.69. The molecular formula is C16H22BNO2. The highest BCUT2D eigenvalue weighted by Crippen LogP contribution is 2.37. The molecule has 0 atom stereocenters. The Kier molecular flexibility index (Phi) is 3.00. The third kappa shape index (κ3) is 2.07. The van der Waals surface area contributed by atoms with Crippen molar-refractivity contribution in [3.8, 4) is 0 Å². The molecule has 1 fully saturated rings. The molecule has 20 heavy (non-hydrogen) atoms. The summed E-state index contributed by atoms with van der Waals surface area (Å²) in [6.45, 7) is 8.24. The molecule has 0 unspecified atom stereocenters. The van der Waals surface area contributed by atoms with Crippen molar-refractivity contribution in [3.05, 3.63) is 29.3 Å². The van der Waals surface area contributed by atoms with Gasteiger partial charge in [0.25, 0.3) is 0 Å². The average Bonchev–Trinajstić information content (AvgIpc) is 2.57. The van der Waals surface area contributed by atoms with Crippen LogP contribution in [0.1, 0.15) is 45.2 Å². The standard InChI is InChI=1S/C16H22BNO2/c1-15(2)16(3,4)20-17(19-15)13-9-11-7-5-6-8-12(11)10-14(13)18/h6,8-10H,5,7,18H2,1-4H3. The van der Waals surface area contributed by atoms with E-state index in [9.17, 15) is 0 Å². The number of hydrogen-bond donors (Lipinski definition) is 1. The smallest absolute Gasteiger partial charge is 0.399 e. The molecule has 0 bridgehead atoms. The van der Waals surface area contributed by atoms with Crippen LogP contribution in [0.2, 0.25) is 0 Å². The van der Waals surface area contributed by atoms with Crippen molar-refractivity contribution in [2.24, 2.45) is 0 Å². The Morgan fingerprint density at radius 3 is 2.40 bits per heavy atom. The minimum absolute atomic E-state index is 0.333. The molecule has 1 aromatic carbocycles. The first-order valence-electron chi connectivity index (χ1n) is 7.25. The number of benzene rings is 1. The van der Waals surface area contributed by atoms with E-state index in [1.165, 1.54) is 11.1 Å². The Labute approximate surface area is 121 Å². The molecule has 0 amide bonds. The number of nitrogen functional groups attached to an aromatic ring is 1. The Morgan fingerprint density at radius 2 is 1.75 bits per heavy atom. The predicted molar refractivity (Wildman–Crippen MR) is 83.9 cm³/mol. The van der Waals surface area contributed by atoms with Gasteiger partial charge in [-0.1, -0.05) is 18.2 Å². The summed E-state index contributed by atoms with van der Waals surface area (Å²) in [5.41, 5.74) is 9.78. The van der Waals surface area contributed by atoms with E-state index in [1.54, 1.807) is 0 Å². The van der Waals surface area contributed by atoms with E-state index in [2.05, 4.69) is 45.9 Å². The molecule has 0 radical (unpaired) electrons. The van der Waals surface area contributed by atoms with Crippen LogP contribution in [0.5, 0.6) is 0 Å². The van der Waals surface area contributed by atoms with Gasteiger partial charge in [0.1, 0.15) is 0 Å². The molecule has 4 heteroatoms. The molecule has 3 rings (SSSR count). The zero-order valence-electron chi connectivity index (χ0n) is 12.7. The van der Waals surface area contributed by atoms with E-state index in [-0.39, 0.29) is 18.3 Å². The monoisotopic (exact) mass is 271 g/mol. The first-order valence-corrected chi connectivity index (χ1v) is 7.25. The third-order valence-electron chi connectivity index (χ3n) is 4.73. The van der Waals surface area contributed by atoms with Crippen molar-refractivity contribution >= 4 is 24.3 Å². The van der Waals surface area contributed by atoms with Gasteiger partial charge in [0.15, 0.2) is 0 Å². The second-order valence-corrected chi connectivity index (χ2v) is 6.71. The van der Waals surface area contributed by atoms with E-state index in [4.69, 9.17) is 15.0 Å². The predicted octanol–water partition coefficient (Wildman–Crippen LogP) is 2.53. The van der Waals surface area contributed by atoms with Crippen LogP contribution in [0.3, 0.4) is 0 Å². The Morgan fingerprint density at radius 1 is 1.10 bits per heavy atom. The fraction of sp³-hybridized carbons (Fsp3) is 0.500. The van der Waals surface area contributed by atoms with Gasteiger partial charge in [-0.05, 0) is 57.7 Å². The number of rotatable bonds is 1. The molecule has 0 spiro atoms. The minimum atomic E-state index is -0.379. The van der Waals surface area contributed by atoms with Gasteiger partial charge in [0, 0.05) is 11.2 Å². The second kappa shape index (κ2) is 4.37. The van der Waals surface area contributed by atoms with Crippen LogP contribution in [0.25, 0.3) is 6.08 Å². The summed E-state index contributed by atoms with van der Waals surface area (Å²) in [6.07, 6.45) is 6.47. The highest BCUT2D eigenvalue weighted by atomic mass is 16.7. The van der Waals surface area contributed by atoms with E-state index in [0.717, 1.165) is 24.0 Å². The van der Waals surface area contributed by atoms with Crippen molar-refractivity contribution in [3.63, 3.8) is 0 Å². The molecule has 0 saturated carbocycles. The first kappa shape index (κ1) is 13.7. The number of aryl methyl sites for hydroxylation is 1. The first-order chi connectivity index (χ1) is 9.30. The summed E-state index contributed by atoms with van der Waals surface area (Å²) in [5.74, 6) is 0. The van der Waals surface area contributed by atoms with Gasteiger partial charge in [-0.2, -0.15) is 0 Å². The lowest BCUT2D eigenvalue weighted by atomic mass is 9.75. The topological polar surface area (TPSA) is 44.5 Å². The van der Waals surface area contributed by atoms with Gasteiger partial charge < -0.3 is 15.0 Å². The Hall–Kier alpha value is -1.26. The second-order valence-electron chi connectivity index (χ2n) is 6.71.